The van der Waals surface area contributed by atoms with Gasteiger partial charge >= 0.3 is 0 Å². The highest BCUT2D eigenvalue weighted by atomic mass is 16.5. The van der Waals surface area contributed by atoms with Gasteiger partial charge in [0.1, 0.15) is 11.4 Å². The molecule has 0 bridgehead atoms. The predicted molar refractivity (Wildman–Crippen MR) is 106 cm³/mol. The molecule has 0 N–H and O–H groups in total. The normalized spacial score (nSPS) is 28.5. The van der Waals surface area contributed by atoms with Gasteiger partial charge in [0.2, 0.25) is 0 Å². The Hall–Kier alpha value is -2.39. The van der Waals surface area contributed by atoms with Crippen molar-refractivity contribution in [3.63, 3.8) is 0 Å². The van der Waals surface area contributed by atoms with Gasteiger partial charge in [-0.2, -0.15) is 0 Å². The monoisotopic (exact) mass is 412 g/mol. The molecule has 1 saturated heterocycles. The Morgan fingerprint density at radius 2 is 2.03 bits per heavy atom. The van der Waals surface area contributed by atoms with Crippen molar-refractivity contribution in [2.75, 3.05) is 26.8 Å². The first-order valence-electron chi connectivity index (χ1n) is 10.8. The van der Waals surface area contributed by atoms with Crippen LogP contribution in [0.4, 0.5) is 0 Å². The molecular formula is C21H28N6O3. The minimum Gasteiger partial charge on any atom is -0.378 e. The molecule has 0 aromatic carbocycles. The van der Waals surface area contributed by atoms with Crippen molar-refractivity contribution >= 4 is 5.91 Å². The Morgan fingerprint density at radius 3 is 2.77 bits per heavy atom. The van der Waals surface area contributed by atoms with Gasteiger partial charge in [0, 0.05) is 39.2 Å². The summed E-state index contributed by atoms with van der Waals surface area (Å²) in [5.74, 6) is 1.54. The van der Waals surface area contributed by atoms with Crippen LogP contribution in [0, 0.1) is 17.8 Å². The third-order valence-electron chi connectivity index (χ3n) is 6.59. The molecule has 2 aromatic heterocycles. The number of methoxy groups -OCH3 is 1. The van der Waals surface area contributed by atoms with Crippen molar-refractivity contribution in [1.82, 2.24) is 29.9 Å². The van der Waals surface area contributed by atoms with E-state index in [0.29, 0.717) is 30.1 Å². The van der Waals surface area contributed by atoms with E-state index in [2.05, 4.69) is 20.3 Å². The van der Waals surface area contributed by atoms with Crippen LogP contribution in [0.25, 0.3) is 0 Å². The van der Waals surface area contributed by atoms with E-state index in [1.165, 1.54) is 12.8 Å². The third kappa shape index (κ3) is 4.09. The standard InChI is InChI=1S/C21H28N6O3/c1-29-13-17-11-27(25-24-17)19-6-15-9-26(21(28)18-8-22-4-5-23-18)10-16(15)7-20(19)30-12-14-2-3-14/h4-5,8,11,14-16,19-20H,2-3,6-7,9-10,12-13H2,1H3/t15-,16+,19-,20-/m1/s1. The van der Waals surface area contributed by atoms with E-state index in [4.69, 9.17) is 9.47 Å². The van der Waals surface area contributed by atoms with Crippen LogP contribution < -0.4 is 0 Å². The summed E-state index contributed by atoms with van der Waals surface area (Å²) >= 11 is 0. The Kier molecular flexibility index (Phi) is 5.47. The highest BCUT2D eigenvalue weighted by molar-refractivity contribution is 5.92. The lowest BCUT2D eigenvalue weighted by Crippen LogP contribution is -2.38. The van der Waals surface area contributed by atoms with Crippen LogP contribution in [0.5, 0.6) is 0 Å². The van der Waals surface area contributed by atoms with Crippen molar-refractivity contribution in [2.45, 2.75) is 44.4 Å². The molecule has 3 fully saturated rings. The summed E-state index contributed by atoms with van der Waals surface area (Å²) in [5, 5.41) is 8.62. The zero-order valence-corrected chi connectivity index (χ0v) is 17.3. The van der Waals surface area contributed by atoms with E-state index in [0.717, 1.165) is 38.2 Å². The van der Waals surface area contributed by atoms with E-state index < -0.39 is 0 Å². The fourth-order valence-corrected chi connectivity index (χ4v) is 4.82. The lowest BCUT2D eigenvalue weighted by atomic mass is 9.77. The largest absolute Gasteiger partial charge is 0.378 e. The van der Waals surface area contributed by atoms with Crippen LogP contribution in [0.2, 0.25) is 0 Å². The van der Waals surface area contributed by atoms with Crippen molar-refractivity contribution in [3.8, 4) is 0 Å². The fraction of sp³-hybridized carbons (Fsp3) is 0.667. The van der Waals surface area contributed by atoms with Gasteiger partial charge in [-0.15, -0.1) is 5.10 Å². The number of rotatable bonds is 7. The number of carbonyl (C=O) groups is 1. The quantitative estimate of drug-likeness (QED) is 0.683. The van der Waals surface area contributed by atoms with Crippen molar-refractivity contribution < 1.29 is 14.3 Å². The molecule has 1 aliphatic heterocycles. The van der Waals surface area contributed by atoms with Crippen LogP contribution in [-0.4, -0.2) is 68.7 Å². The van der Waals surface area contributed by atoms with Crippen LogP contribution in [0.15, 0.2) is 24.8 Å². The number of hydrogen-bond donors (Lipinski definition) is 0. The number of carbonyl (C=O) groups excluding carboxylic acids is 1. The van der Waals surface area contributed by atoms with E-state index in [9.17, 15) is 4.79 Å². The van der Waals surface area contributed by atoms with Gasteiger partial charge in [0.05, 0.1) is 31.1 Å². The van der Waals surface area contributed by atoms with Gasteiger partial charge in [-0.3, -0.25) is 9.78 Å². The number of ether oxygens (including phenoxy) is 2. The molecule has 2 aromatic rings. The van der Waals surface area contributed by atoms with Crippen molar-refractivity contribution in [3.05, 3.63) is 36.2 Å². The number of aromatic nitrogens is 5. The molecule has 1 amide bonds. The minimum atomic E-state index is -0.0346. The summed E-state index contributed by atoms with van der Waals surface area (Å²) in [6, 6.07) is 0.134. The number of hydrogen-bond acceptors (Lipinski definition) is 7. The van der Waals surface area contributed by atoms with Crippen LogP contribution in [0.3, 0.4) is 0 Å². The molecule has 4 atom stereocenters. The summed E-state index contributed by atoms with van der Waals surface area (Å²) in [4.78, 5) is 23.0. The fourth-order valence-electron chi connectivity index (χ4n) is 4.82. The van der Waals surface area contributed by atoms with E-state index in [1.54, 1.807) is 25.7 Å². The first-order valence-corrected chi connectivity index (χ1v) is 10.8. The predicted octanol–water partition coefficient (Wildman–Crippen LogP) is 1.73. The lowest BCUT2D eigenvalue weighted by molar-refractivity contribution is -0.0375. The number of fused-ring (bicyclic) bond motifs is 1. The summed E-state index contributed by atoms with van der Waals surface area (Å²) in [5.41, 5.74) is 1.24. The minimum absolute atomic E-state index is 0.0346. The Morgan fingerprint density at radius 1 is 1.20 bits per heavy atom. The van der Waals surface area contributed by atoms with Crippen LogP contribution in [-0.2, 0) is 16.1 Å². The molecule has 2 aliphatic carbocycles. The molecule has 0 spiro atoms. The lowest BCUT2D eigenvalue weighted by Gasteiger charge is -2.37. The summed E-state index contributed by atoms with van der Waals surface area (Å²) < 4.78 is 13.5. The zero-order chi connectivity index (χ0) is 20.5. The number of amides is 1. The van der Waals surface area contributed by atoms with E-state index in [1.807, 2.05) is 15.8 Å². The highest BCUT2D eigenvalue weighted by Crippen LogP contribution is 2.43. The van der Waals surface area contributed by atoms with Crippen molar-refractivity contribution in [2.24, 2.45) is 17.8 Å². The molecule has 3 heterocycles. The van der Waals surface area contributed by atoms with Gasteiger partial charge in [0.15, 0.2) is 0 Å². The molecule has 30 heavy (non-hydrogen) atoms. The zero-order valence-electron chi connectivity index (χ0n) is 17.3. The summed E-state index contributed by atoms with van der Waals surface area (Å²) in [6.07, 6.45) is 11.2. The maximum atomic E-state index is 12.9. The van der Waals surface area contributed by atoms with Crippen LogP contribution >= 0.6 is 0 Å². The number of likely N-dealkylation sites (tertiary alicyclic amines) is 1. The Bertz CT molecular complexity index is 871. The van der Waals surface area contributed by atoms with Gasteiger partial charge in [-0.1, -0.05) is 5.21 Å². The molecule has 0 unspecified atom stereocenters. The molecular weight excluding hydrogens is 384 g/mol. The SMILES string of the molecule is COCc1cn([C@@H]2C[C@@H]3CN(C(=O)c4cnccn4)C[C@@H]3C[C@H]2OCC2CC2)nn1. The first-order chi connectivity index (χ1) is 14.7. The number of nitrogens with zero attached hydrogens (tertiary/aromatic N) is 6. The Balaban J connectivity index is 1.31. The smallest absolute Gasteiger partial charge is 0.274 e. The molecule has 3 aliphatic rings. The highest BCUT2D eigenvalue weighted by Gasteiger charge is 2.45. The van der Waals surface area contributed by atoms with E-state index >= 15 is 0 Å². The van der Waals surface area contributed by atoms with Crippen LogP contribution in [0.1, 0.15) is 47.9 Å². The molecule has 160 valence electrons. The average molecular weight is 412 g/mol. The molecule has 9 nitrogen and oxygen atoms in total. The second-order valence-electron chi connectivity index (χ2n) is 8.80. The topological polar surface area (TPSA) is 95.3 Å². The second kappa shape index (κ2) is 8.39. The maximum Gasteiger partial charge on any atom is 0.274 e. The summed E-state index contributed by atoms with van der Waals surface area (Å²) in [6.45, 7) is 2.76. The van der Waals surface area contributed by atoms with E-state index in [-0.39, 0.29) is 18.1 Å². The first kappa shape index (κ1) is 19.6. The van der Waals surface area contributed by atoms with Crippen molar-refractivity contribution in [1.29, 1.82) is 0 Å². The Labute approximate surface area is 175 Å². The molecule has 9 heteroatoms. The average Bonchev–Trinajstić information content (AvgIpc) is 3.33. The summed E-state index contributed by atoms with van der Waals surface area (Å²) in [7, 11) is 1.66. The van der Waals surface area contributed by atoms with Gasteiger partial charge in [0.25, 0.3) is 5.91 Å². The van der Waals surface area contributed by atoms with Gasteiger partial charge < -0.3 is 14.4 Å². The third-order valence-corrected chi connectivity index (χ3v) is 6.59. The molecule has 2 saturated carbocycles. The second-order valence-corrected chi connectivity index (χ2v) is 8.80. The molecule has 5 rings (SSSR count). The maximum absolute atomic E-state index is 12.9. The molecule has 0 radical (unpaired) electrons. The van der Waals surface area contributed by atoms with Gasteiger partial charge in [-0.25, -0.2) is 9.67 Å². The van der Waals surface area contributed by atoms with Gasteiger partial charge in [-0.05, 0) is 43.4 Å².